The van der Waals surface area contributed by atoms with Gasteiger partial charge in [-0.3, -0.25) is 4.79 Å². The Morgan fingerprint density at radius 1 is 1.04 bits per heavy atom. The Morgan fingerprint density at radius 2 is 1.62 bits per heavy atom. The molecule has 0 bridgehead atoms. The fraction of sp³-hybridized carbons (Fsp3) is 0.350. The molecule has 0 radical (unpaired) electrons. The second-order valence-corrected chi connectivity index (χ2v) is 9.56. The van der Waals surface area contributed by atoms with Crippen LogP contribution in [0.15, 0.2) is 53.4 Å². The van der Waals surface area contributed by atoms with Gasteiger partial charge in [0.2, 0.25) is 15.9 Å². The van der Waals surface area contributed by atoms with E-state index in [9.17, 15) is 13.2 Å². The minimum atomic E-state index is -3.53. The van der Waals surface area contributed by atoms with Gasteiger partial charge in [-0.05, 0) is 40.8 Å². The number of rotatable bonds is 4. The number of nitrogens with one attached hydrogen (secondary N) is 1. The Bertz CT molecular complexity index is 911. The van der Waals surface area contributed by atoms with Gasteiger partial charge in [-0.25, -0.2) is 8.42 Å². The topological polar surface area (TPSA) is 66.2 Å². The largest absolute Gasteiger partial charge is 0.326 e. The first-order valence-corrected chi connectivity index (χ1v) is 10.0. The predicted octanol–water partition coefficient (Wildman–Crippen LogP) is 3.69. The van der Waals surface area contributed by atoms with Crippen molar-refractivity contribution in [2.24, 2.45) is 0 Å². The van der Waals surface area contributed by atoms with Gasteiger partial charge in [0.15, 0.2) is 0 Å². The van der Waals surface area contributed by atoms with E-state index in [2.05, 4.69) is 38.2 Å². The van der Waals surface area contributed by atoms with Crippen LogP contribution in [0.2, 0.25) is 0 Å². The molecule has 0 aromatic heterocycles. The van der Waals surface area contributed by atoms with Gasteiger partial charge >= 0.3 is 0 Å². The number of carbonyl (C=O) groups is 1. The molecule has 6 heteroatoms. The minimum absolute atomic E-state index is 0.0729. The molecule has 0 aliphatic carbocycles. The molecule has 1 fully saturated rings. The summed E-state index contributed by atoms with van der Waals surface area (Å²) in [5.74, 6) is -0.190. The van der Waals surface area contributed by atoms with Crippen LogP contribution in [0, 0.1) is 0 Å². The Balaban J connectivity index is 1.75. The molecule has 2 unspecified atom stereocenters. The van der Waals surface area contributed by atoms with Crippen molar-refractivity contribution in [2.45, 2.75) is 44.0 Å². The Kier molecular flexibility index (Phi) is 4.67. The fourth-order valence-electron chi connectivity index (χ4n) is 2.91. The average Bonchev–Trinajstić information content (AvgIpc) is 3.35. The first-order valence-electron chi connectivity index (χ1n) is 8.59. The van der Waals surface area contributed by atoms with E-state index in [-0.39, 0.29) is 22.3 Å². The molecular formula is C20H24N2O3S. The molecule has 1 aliphatic rings. The standard InChI is InChI=1S/C20H24N2O3S/c1-14(23)21-17-9-11-18(12-10-17)26(24,25)22-13-19(22)15-5-7-16(8-6-15)20(2,3)4/h5-12,19H,13H2,1-4H3,(H,21,23). The number of amides is 1. The van der Waals surface area contributed by atoms with Gasteiger partial charge in [0.05, 0.1) is 10.9 Å². The lowest BCUT2D eigenvalue weighted by Gasteiger charge is -2.19. The number of benzene rings is 2. The molecule has 3 rings (SSSR count). The smallest absolute Gasteiger partial charge is 0.243 e. The quantitative estimate of drug-likeness (QED) is 0.833. The Labute approximate surface area is 155 Å². The molecule has 1 saturated heterocycles. The highest BCUT2D eigenvalue weighted by Crippen LogP contribution is 2.40. The van der Waals surface area contributed by atoms with Gasteiger partial charge in [0.25, 0.3) is 0 Å². The highest BCUT2D eigenvalue weighted by molar-refractivity contribution is 7.89. The van der Waals surface area contributed by atoms with Gasteiger partial charge in [-0.2, -0.15) is 4.31 Å². The molecule has 1 amide bonds. The maximum atomic E-state index is 12.8. The van der Waals surface area contributed by atoms with Crippen molar-refractivity contribution in [3.8, 4) is 0 Å². The first-order chi connectivity index (χ1) is 12.1. The minimum Gasteiger partial charge on any atom is -0.326 e. The third kappa shape index (κ3) is 3.81. The van der Waals surface area contributed by atoms with E-state index in [0.29, 0.717) is 12.2 Å². The van der Waals surface area contributed by atoms with Crippen LogP contribution in [0.1, 0.15) is 44.9 Å². The molecule has 1 heterocycles. The number of hydrogen-bond acceptors (Lipinski definition) is 3. The lowest BCUT2D eigenvalue weighted by atomic mass is 9.86. The van der Waals surface area contributed by atoms with Crippen LogP contribution in [-0.2, 0) is 20.2 Å². The summed E-state index contributed by atoms with van der Waals surface area (Å²) in [6.07, 6.45) is 0. The van der Waals surface area contributed by atoms with E-state index in [4.69, 9.17) is 0 Å². The summed E-state index contributed by atoms with van der Waals surface area (Å²) in [6, 6.07) is 14.3. The lowest BCUT2D eigenvalue weighted by Crippen LogP contribution is -2.13. The van der Waals surface area contributed by atoms with Gasteiger partial charge in [0.1, 0.15) is 0 Å². The molecule has 2 aromatic rings. The molecule has 138 valence electrons. The third-order valence-corrected chi connectivity index (χ3v) is 6.40. The van der Waals surface area contributed by atoms with Crippen molar-refractivity contribution in [1.29, 1.82) is 0 Å². The van der Waals surface area contributed by atoms with Crippen LogP contribution in [0.3, 0.4) is 0 Å². The summed E-state index contributed by atoms with van der Waals surface area (Å²) in [7, 11) is -3.53. The molecule has 1 aliphatic heterocycles. The van der Waals surface area contributed by atoms with Gasteiger partial charge in [-0.1, -0.05) is 45.0 Å². The summed E-state index contributed by atoms with van der Waals surface area (Å²) in [5.41, 5.74) is 2.89. The summed E-state index contributed by atoms with van der Waals surface area (Å²) in [6.45, 7) is 8.36. The van der Waals surface area contributed by atoms with Crippen molar-refractivity contribution in [3.63, 3.8) is 0 Å². The van der Waals surface area contributed by atoms with Crippen LogP contribution >= 0.6 is 0 Å². The molecule has 0 saturated carbocycles. The van der Waals surface area contributed by atoms with Crippen LogP contribution in [0.4, 0.5) is 5.69 Å². The van der Waals surface area contributed by atoms with Gasteiger partial charge in [0, 0.05) is 19.2 Å². The van der Waals surface area contributed by atoms with Gasteiger partial charge < -0.3 is 5.32 Å². The van der Waals surface area contributed by atoms with Crippen molar-refractivity contribution in [1.82, 2.24) is 4.31 Å². The molecule has 0 spiro atoms. The zero-order valence-electron chi connectivity index (χ0n) is 15.5. The zero-order chi connectivity index (χ0) is 19.1. The molecule has 1 N–H and O–H groups in total. The van der Waals surface area contributed by atoms with Crippen LogP contribution in [0.25, 0.3) is 0 Å². The number of hydrogen-bond donors (Lipinski definition) is 1. The Hall–Kier alpha value is -2.18. The normalized spacial score (nSPS) is 19.8. The number of sulfonamides is 1. The maximum Gasteiger partial charge on any atom is 0.243 e. The lowest BCUT2D eigenvalue weighted by molar-refractivity contribution is -0.114. The second kappa shape index (κ2) is 6.52. The number of nitrogens with zero attached hydrogens (tertiary/aromatic N) is 1. The summed E-state index contributed by atoms with van der Waals surface area (Å²) in [4.78, 5) is 11.3. The molecule has 26 heavy (non-hydrogen) atoms. The predicted molar refractivity (Wildman–Crippen MR) is 103 cm³/mol. The average molecular weight is 372 g/mol. The summed E-state index contributed by atoms with van der Waals surface area (Å²) in [5, 5.41) is 2.63. The van der Waals surface area contributed by atoms with Gasteiger partial charge in [-0.15, -0.1) is 0 Å². The summed E-state index contributed by atoms with van der Waals surface area (Å²) >= 11 is 0. The van der Waals surface area contributed by atoms with Crippen molar-refractivity contribution in [3.05, 3.63) is 59.7 Å². The molecule has 2 aromatic carbocycles. The monoisotopic (exact) mass is 372 g/mol. The van der Waals surface area contributed by atoms with E-state index < -0.39 is 10.0 Å². The van der Waals surface area contributed by atoms with E-state index in [0.717, 1.165) is 5.56 Å². The van der Waals surface area contributed by atoms with E-state index >= 15 is 0 Å². The Morgan fingerprint density at radius 3 is 2.12 bits per heavy atom. The molecule has 5 nitrogen and oxygen atoms in total. The third-order valence-electron chi connectivity index (χ3n) is 4.51. The van der Waals surface area contributed by atoms with E-state index in [1.165, 1.54) is 28.9 Å². The zero-order valence-corrected chi connectivity index (χ0v) is 16.3. The van der Waals surface area contributed by atoms with Crippen LogP contribution in [-0.4, -0.2) is 25.2 Å². The highest BCUT2D eigenvalue weighted by Gasteiger charge is 2.45. The number of carbonyl (C=O) groups excluding carboxylic acids is 1. The van der Waals surface area contributed by atoms with Crippen LogP contribution < -0.4 is 5.32 Å². The van der Waals surface area contributed by atoms with Crippen molar-refractivity contribution < 1.29 is 13.2 Å². The number of anilines is 1. The maximum absolute atomic E-state index is 12.8. The summed E-state index contributed by atoms with van der Waals surface area (Å²) < 4.78 is 27.0. The fourth-order valence-corrected chi connectivity index (χ4v) is 4.46. The van der Waals surface area contributed by atoms with Crippen molar-refractivity contribution >= 4 is 21.6 Å². The highest BCUT2D eigenvalue weighted by atomic mass is 32.2. The SMILES string of the molecule is CC(=O)Nc1ccc(S(=O)(=O)N2CC2c2ccc(C(C)(C)C)cc2)cc1. The molecule has 2 atom stereocenters. The van der Waals surface area contributed by atoms with Crippen molar-refractivity contribution in [2.75, 3.05) is 11.9 Å². The van der Waals surface area contributed by atoms with E-state index in [1.807, 2.05) is 12.1 Å². The molecular weight excluding hydrogens is 348 g/mol. The second-order valence-electron chi connectivity index (χ2n) is 7.67. The van der Waals surface area contributed by atoms with E-state index in [1.54, 1.807) is 12.1 Å². The first kappa shape index (κ1) is 18.6. The van der Waals surface area contributed by atoms with Crippen LogP contribution in [0.5, 0.6) is 0 Å².